The van der Waals surface area contributed by atoms with Crippen molar-refractivity contribution in [2.45, 2.75) is 37.3 Å². The molecule has 3 aliphatic rings. The Morgan fingerprint density at radius 1 is 1.21 bits per heavy atom. The van der Waals surface area contributed by atoms with Gasteiger partial charge in [-0.1, -0.05) is 36.4 Å². The quantitative estimate of drug-likeness (QED) is 0.773. The van der Waals surface area contributed by atoms with Gasteiger partial charge < -0.3 is 9.64 Å². The third kappa shape index (κ3) is 2.86. The van der Waals surface area contributed by atoms with E-state index in [4.69, 9.17) is 4.74 Å². The summed E-state index contributed by atoms with van der Waals surface area (Å²) in [5, 5.41) is 0. The molecule has 5 rings (SSSR count). The zero-order valence-corrected chi connectivity index (χ0v) is 16.8. The zero-order valence-electron chi connectivity index (χ0n) is 16.8. The first-order chi connectivity index (χ1) is 14.1. The molecular formula is C24H27FN2O2. The molecule has 0 unspecified atom stereocenters. The van der Waals surface area contributed by atoms with E-state index in [2.05, 4.69) is 21.9 Å². The van der Waals surface area contributed by atoms with Crippen molar-refractivity contribution in [3.05, 3.63) is 65.5 Å². The van der Waals surface area contributed by atoms with Crippen molar-refractivity contribution in [3.8, 4) is 5.75 Å². The number of carbonyl (C=O) groups excluding carboxylic acids is 1. The van der Waals surface area contributed by atoms with Crippen LogP contribution in [0.15, 0.2) is 48.5 Å². The molecule has 152 valence electrons. The summed E-state index contributed by atoms with van der Waals surface area (Å²) in [6.07, 6.45) is 3.62. The number of rotatable bonds is 5. The standard InChI is InChI=1S/C24H27FN2O2/c1-29-19-8-9-20(21(25)15-19)22-14-18-16-26(13-10-17-6-3-2-4-7-17)23(28)24(18)11-5-12-27(22)24/h2-4,6-9,15,18,22H,5,10-14,16H2,1H3/t18-,22-,24-/m0/s1. The number of halogens is 1. The molecule has 0 N–H and O–H groups in total. The van der Waals surface area contributed by atoms with Crippen molar-refractivity contribution in [1.82, 2.24) is 9.80 Å². The first kappa shape index (κ1) is 18.6. The van der Waals surface area contributed by atoms with E-state index >= 15 is 0 Å². The van der Waals surface area contributed by atoms with E-state index in [1.54, 1.807) is 7.11 Å². The molecule has 3 fully saturated rings. The highest BCUT2D eigenvalue weighted by atomic mass is 19.1. The van der Waals surface area contributed by atoms with Crippen molar-refractivity contribution >= 4 is 5.91 Å². The second-order valence-electron chi connectivity index (χ2n) is 8.54. The van der Waals surface area contributed by atoms with E-state index in [0.29, 0.717) is 11.3 Å². The van der Waals surface area contributed by atoms with Crippen LogP contribution in [0.25, 0.3) is 0 Å². The molecule has 1 spiro atoms. The molecule has 4 nitrogen and oxygen atoms in total. The fourth-order valence-corrected chi connectivity index (χ4v) is 5.88. The molecular weight excluding hydrogens is 367 g/mol. The molecule has 29 heavy (non-hydrogen) atoms. The highest BCUT2D eigenvalue weighted by Crippen LogP contribution is 2.56. The first-order valence-electron chi connectivity index (χ1n) is 10.6. The van der Waals surface area contributed by atoms with Crippen LogP contribution in [0.4, 0.5) is 4.39 Å². The molecule has 1 amide bonds. The number of hydrogen-bond acceptors (Lipinski definition) is 3. The number of amides is 1. The van der Waals surface area contributed by atoms with Gasteiger partial charge in [0.25, 0.3) is 0 Å². The summed E-state index contributed by atoms with van der Waals surface area (Å²) < 4.78 is 20.0. The van der Waals surface area contributed by atoms with E-state index in [1.807, 2.05) is 30.3 Å². The number of ether oxygens (including phenoxy) is 1. The second-order valence-corrected chi connectivity index (χ2v) is 8.54. The highest BCUT2D eigenvalue weighted by Gasteiger charge is 2.65. The van der Waals surface area contributed by atoms with Gasteiger partial charge in [0, 0.05) is 36.7 Å². The summed E-state index contributed by atoms with van der Waals surface area (Å²) >= 11 is 0. The van der Waals surface area contributed by atoms with Crippen molar-refractivity contribution in [2.24, 2.45) is 5.92 Å². The van der Waals surface area contributed by atoms with E-state index in [9.17, 15) is 9.18 Å². The van der Waals surface area contributed by atoms with Crippen LogP contribution in [0.5, 0.6) is 5.75 Å². The summed E-state index contributed by atoms with van der Waals surface area (Å²) in [5.74, 6) is 0.834. The van der Waals surface area contributed by atoms with Crippen LogP contribution >= 0.6 is 0 Å². The minimum atomic E-state index is -0.423. The minimum absolute atomic E-state index is 0.0198. The predicted octanol–water partition coefficient (Wildman–Crippen LogP) is 3.81. The molecule has 0 aromatic heterocycles. The highest BCUT2D eigenvalue weighted by molar-refractivity contribution is 5.90. The third-order valence-corrected chi connectivity index (χ3v) is 7.21. The second kappa shape index (κ2) is 7.13. The molecule has 5 heteroatoms. The van der Waals surface area contributed by atoms with Crippen LogP contribution in [-0.4, -0.2) is 48.0 Å². The van der Waals surface area contributed by atoms with Crippen LogP contribution < -0.4 is 4.74 Å². The normalized spacial score (nSPS) is 28.6. The van der Waals surface area contributed by atoms with Crippen LogP contribution in [0.1, 0.15) is 36.4 Å². The molecule has 3 aliphatic heterocycles. The summed E-state index contributed by atoms with van der Waals surface area (Å²) in [5.41, 5.74) is 1.54. The number of carbonyl (C=O) groups is 1. The Bertz CT molecular complexity index is 918. The van der Waals surface area contributed by atoms with Gasteiger partial charge in [0.05, 0.1) is 7.11 Å². The van der Waals surface area contributed by atoms with Gasteiger partial charge in [-0.25, -0.2) is 4.39 Å². The Kier molecular flexibility index (Phi) is 4.58. The minimum Gasteiger partial charge on any atom is -0.497 e. The average Bonchev–Trinajstić information content (AvgIpc) is 3.37. The lowest BCUT2D eigenvalue weighted by atomic mass is 9.85. The third-order valence-electron chi connectivity index (χ3n) is 7.21. The number of methoxy groups -OCH3 is 1. The molecule has 3 saturated heterocycles. The number of likely N-dealkylation sites (tertiary alicyclic amines) is 1. The first-order valence-corrected chi connectivity index (χ1v) is 10.6. The molecule has 0 aliphatic carbocycles. The predicted molar refractivity (Wildman–Crippen MR) is 109 cm³/mol. The molecule has 0 saturated carbocycles. The van der Waals surface area contributed by atoms with Gasteiger partial charge in [-0.2, -0.15) is 0 Å². The summed E-state index contributed by atoms with van der Waals surface area (Å²) in [6.45, 7) is 2.41. The lowest BCUT2D eigenvalue weighted by Gasteiger charge is -2.33. The Hall–Kier alpha value is -2.40. The maximum atomic E-state index is 14.8. The molecule has 2 aromatic rings. The number of nitrogens with zero attached hydrogens (tertiary/aromatic N) is 2. The Morgan fingerprint density at radius 3 is 2.79 bits per heavy atom. The van der Waals surface area contributed by atoms with Gasteiger partial charge >= 0.3 is 0 Å². The maximum Gasteiger partial charge on any atom is 0.243 e. The molecule has 0 radical (unpaired) electrons. The SMILES string of the molecule is COc1ccc([C@@H]2C[C@H]3CN(CCc4ccccc4)C(=O)[C@]34CCCN24)c(F)c1. The van der Waals surface area contributed by atoms with Crippen molar-refractivity contribution < 1.29 is 13.9 Å². The van der Waals surface area contributed by atoms with E-state index < -0.39 is 5.54 Å². The van der Waals surface area contributed by atoms with Crippen LogP contribution in [-0.2, 0) is 11.2 Å². The van der Waals surface area contributed by atoms with Crippen LogP contribution in [0, 0.1) is 11.7 Å². The Balaban J connectivity index is 1.37. The van der Waals surface area contributed by atoms with Crippen molar-refractivity contribution in [2.75, 3.05) is 26.7 Å². The smallest absolute Gasteiger partial charge is 0.243 e. The molecule has 3 heterocycles. The Morgan fingerprint density at radius 2 is 2.03 bits per heavy atom. The van der Waals surface area contributed by atoms with E-state index in [0.717, 1.165) is 45.3 Å². The van der Waals surface area contributed by atoms with Crippen LogP contribution in [0.3, 0.4) is 0 Å². The zero-order chi connectivity index (χ0) is 20.0. The summed E-state index contributed by atoms with van der Waals surface area (Å²) in [7, 11) is 1.55. The fourth-order valence-electron chi connectivity index (χ4n) is 5.88. The van der Waals surface area contributed by atoms with Gasteiger partial charge in [0.1, 0.15) is 17.1 Å². The number of hydrogen-bond donors (Lipinski definition) is 0. The monoisotopic (exact) mass is 394 g/mol. The van der Waals surface area contributed by atoms with Gasteiger partial charge in [0.2, 0.25) is 5.91 Å². The van der Waals surface area contributed by atoms with Gasteiger partial charge in [-0.05, 0) is 43.9 Å². The lowest BCUT2D eigenvalue weighted by Crippen LogP contribution is -2.50. The van der Waals surface area contributed by atoms with Crippen LogP contribution in [0.2, 0.25) is 0 Å². The number of benzene rings is 2. The van der Waals surface area contributed by atoms with Gasteiger partial charge in [-0.3, -0.25) is 9.69 Å². The average molecular weight is 394 g/mol. The van der Waals surface area contributed by atoms with E-state index in [-0.39, 0.29) is 23.7 Å². The van der Waals surface area contributed by atoms with Gasteiger partial charge in [-0.15, -0.1) is 0 Å². The molecule has 0 bridgehead atoms. The maximum absolute atomic E-state index is 14.8. The fraction of sp³-hybridized carbons (Fsp3) is 0.458. The Labute approximate surface area is 171 Å². The molecule has 3 atom stereocenters. The summed E-state index contributed by atoms with van der Waals surface area (Å²) in [4.78, 5) is 17.9. The topological polar surface area (TPSA) is 32.8 Å². The molecule has 2 aromatic carbocycles. The van der Waals surface area contributed by atoms with Crippen molar-refractivity contribution in [3.63, 3.8) is 0 Å². The van der Waals surface area contributed by atoms with Crippen molar-refractivity contribution in [1.29, 1.82) is 0 Å². The van der Waals surface area contributed by atoms with E-state index in [1.165, 1.54) is 11.6 Å². The lowest BCUT2D eigenvalue weighted by molar-refractivity contribution is -0.137. The van der Waals surface area contributed by atoms with Gasteiger partial charge in [0.15, 0.2) is 0 Å². The largest absolute Gasteiger partial charge is 0.497 e. The summed E-state index contributed by atoms with van der Waals surface area (Å²) in [6, 6.07) is 15.4.